The Morgan fingerprint density at radius 3 is 2.72 bits per heavy atom. The van der Waals surface area contributed by atoms with Crippen molar-refractivity contribution in [2.75, 3.05) is 19.7 Å². The summed E-state index contributed by atoms with van der Waals surface area (Å²) in [5.74, 6) is -0.713. The van der Waals surface area contributed by atoms with E-state index in [1.807, 2.05) is 0 Å². The van der Waals surface area contributed by atoms with Crippen molar-refractivity contribution in [2.24, 2.45) is 5.92 Å². The monoisotopic (exact) mass is 363 g/mol. The highest BCUT2D eigenvalue weighted by atomic mass is 35.5. The minimum absolute atomic E-state index is 0.236. The Balaban J connectivity index is 1.67. The lowest BCUT2D eigenvalue weighted by Crippen LogP contribution is -2.40. The van der Waals surface area contributed by atoms with Crippen LogP contribution in [0.1, 0.15) is 30.3 Å². The summed E-state index contributed by atoms with van der Waals surface area (Å²) in [6.45, 7) is 3.12. The highest BCUT2D eigenvalue weighted by molar-refractivity contribution is 6.31. The Hall–Kier alpha value is -2.34. The number of rotatable bonds is 3. The Labute approximate surface area is 149 Å². The summed E-state index contributed by atoms with van der Waals surface area (Å²) >= 11 is 5.85. The molecular formula is C18H18ClNO5. The molecule has 0 radical (unpaired) electrons. The van der Waals surface area contributed by atoms with Crippen LogP contribution >= 0.6 is 11.6 Å². The van der Waals surface area contributed by atoms with Crippen molar-refractivity contribution in [3.05, 3.63) is 45.3 Å². The molecule has 1 fully saturated rings. The summed E-state index contributed by atoms with van der Waals surface area (Å²) in [4.78, 5) is 38.0. The molecule has 1 aromatic carbocycles. The molecular weight excluding hydrogens is 346 g/mol. The fourth-order valence-corrected chi connectivity index (χ4v) is 2.95. The molecule has 1 aliphatic rings. The first-order valence-corrected chi connectivity index (χ1v) is 8.50. The predicted molar refractivity (Wildman–Crippen MR) is 92.8 cm³/mol. The van der Waals surface area contributed by atoms with E-state index in [9.17, 15) is 14.4 Å². The van der Waals surface area contributed by atoms with Crippen LogP contribution in [0.3, 0.4) is 0 Å². The zero-order valence-electron chi connectivity index (χ0n) is 13.8. The van der Waals surface area contributed by atoms with E-state index in [-0.39, 0.29) is 29.2 Å². The normalized spacial score (nSPS) is 15.4. The predicted octanol–water partition coefficient (Wildman–Crippen LogP) is 2.86. The quantitative estimate of drug-likeness (QED) is 0.784. The van der Waals surface area contributed by atoms with Gasteiger partial charge in [-0.05, 0) is 37.0 Å². The second-order valence-corrected chi connectivity index (χ2v) is 6.69. The number of hydrogen-bond acceptors (Lipinski definition) is 5. The third kappa shape index (κ3) is 4.02. The molecule has 1 saturated heterocycles. The number of carbonyl (C=O) groups excluding carboxylic acids is 2. The number of likely N-dealkylation sites (tertiary alicyclic amines) is 1. The summed E-state index contributed by atoms with van der Waals surface area (Å²) in [6, 6.07) is 5.59. The van der Waals surface area contributed by atoms with E-state index in [4.69, 9.17) is 20.8 Å². The molecule has 0 N–H and O–H groups in total. The van der Waals surface area contributed by atoms with Gasteiger partial charge in [-0.1, -0.05) is 18.5 Å². The van der Waals surface area contributed by atoms with Crippen LogP contribution in [0.2, 0.25) is 5.02 Å². The van der Waals surface area contributed by atoms with Gasteiger partial charge in [0, 0.05) is 24.2 Å². The number of hydrogen-bond donors (Lipinski definition) is 0. The van der Waals surface area contributed by atoms with E-state index >= 15 is 0 Å². The molecule has 7 heteroatoms. The highest BCUT2D eigenvalue weighted by Gasteiger charge is 2.22. The Kier molecular flexibility index (Phi) is 5.08. The second-order valence-electron chi connectivity index (χ2n) is 6.25. The van der Waals surface area contributed by atoms with Crippen molar-refractivity contribution in [1.29, 1.82) is 0 Å². The minimum Gasteiger partial charge on any atom is -0.450 e. The van der Waals surface area contributed by atoms with Gasteiger partial charge in [0.2, 0.25) is 5.76 Å². The summed E-state index contributed by atoms with van der Waals surface area (Å²) in [5, 5.41) is 0.680. The van der Waals surface area contributed by atoms with Gasteiger partial charge in [-0.2, -0.15) is 0 Å². The van der Waals surface area contributed by atoms with Crippen LogP contribution in [0.25, 0.3) is 11.0 Å². The van der Waals surface area contributed by atoms with Crippen molar-refractivity contribution in [2.45, 2.75) is 19.8 Å². The van der Waals surface area contributed by atoms with E-state index in [0.29, 0.717) is 24.0 Å². The van der Waals surface area contributed by atoms with Crippen LogP contribution < -0.4 is 5.43 Å². The lowest BCUT2D eigenvalue weighted by atomic mass is 9.99. The lowest BCUT2D eigenvalue weighted by molar-refractivity contribution is -0.135. The molecule has 0 bridgehead atoms. The molecule has 132 valence electrons. The van der Waals surface area contributed by atoms with Crippen LogP contribution in [-0.4, -0.2) is 36.5 Å². The summed E-state index contributed by atoms with van der Waals surface area (Å²) in [6.07, 6.45) is 1.89. The maximum Gasteiger partial charge on any atom is 0.374 e. The summed E-state index contributed by atoms with van der Waals surface area (Å²) < 4.78 is 10.4. The first-order valence-electron chi connectivity index (χ1n) is 8.12. The van der Waals surface area contributed by atoms with Crippen molar-refractivity contribution < 1.29 is 18.7 Å². The third-order valence-corrected chi connectivity index (χ3v) is 4.59. The number of piperidine rings is 1. The number of amides is 1. The molecule has 0 saturated carbocycles. The molecule has 0 spiro atoms. The third-order valence-electron chi connectivity index (χ3n) is 4.35. The number of nitrogens with zero attached hydrogens (tertiary/aromatic N) is 1. The van der Waals surface area contributed by atoms with Gasteiger partial charge in [-0.25, -0.2) is 4.79 Å². The van der Waals surface area contributed by atoms with Gasteiger partial charge in [0.15, 0.2) is 12.0 Å². The average molecular weight is 364 g/mol. The largest absolute Gasteiger partial charge is 0.450 e. The van der Waals surface area contributed by atoms with Crippen LogP contribution in [0.5, 0.6) is 0 Å². The van der Waals surface area contributed by atoms with Crippen LogP contribution in [0.4, 0.5) is 0 Å². The molecule has 2 heterocycles. The number of halogens is 1. The van der Waals surface area contributed by atoms with Gasteiger partial charge in [-0.15, -0.1) is 0 Å². The fourth-order valence-electron chi connectivity index (χ4n) is 2.78. The van der Waals surface area contributed by atoms with Gasteiger partial charge in [0.25, 0.3) is 5.91 Å². The van der Waals surface area contributed by atoms with E-state index in [2.05, 4.69) is 6.92 Å². The molecule has 0 atom stereocenters. The molecule has 1 aromatic heterocycles. The van der Waals surface area contributed by atoms with Crippen molar-refractivity contribution in [3.63, 3.8) is 0 Å². The maximum absolute atomic E-state index is 12.1. The Bertz CT molecular complexity index is 867. The van der Waals surface area contributed by atoms with Crippen LogP contribution in [-0.2, 0) is 9.53 Å². The second kappa shape index (κ2) is 7.27. The van der Waals surface area contributed by atoms with Gasteiger partial charge in [-0.3, -0.25) is 9.59 Å². The summed E-state index contributed by atoms with van der Waals surface area (Å²) in [7, 11) is 0. The molecule has 1 aliphatic heterocycles. The van der Waals surface area contributed by atoms with Crippen molar-refractivity contribution in [1.82, 2.24) is 4.90 Å². The average Bonchev–Trinajstić information content (AvgIpc) is 2.60. The van der Waals surface area contributed by atoms with E-state index in [1.165, 1.54) is 12.1 Å². The van der Waals surface area contributed by atoms with Gasteiger partial charge >= 0.3 is 5.97 Å². The smallest absolute Gasteiger partial charge is 0.374 e. The minimum atomic E-state index is -0.840. The SMILES string of the molecule is CC1CCN(C(=O)COC(=O)c2cc(=O)c3cc(Cl)ccc3o2)CC1. The Morgan fingerprint density at radius 2 is 2.00 bits per heavy atom. The van der Waals surface area contributed by atoms with Crippen LogP contribution in [0.15, 0.2) is 33.5 Å². The first kappa shape index (κ1) is 17.5. The first-order chi connectivity index (χ1) is 11.9. The topological polar surface area (TPSA) is 76.8 Å². The fraction of sp³-hybridized carbons (Fsp3) is 0.389. The molecule has 0 unspecified atom stereocenters. The maximum atomic E-state index is 12.1. The number of ether oxygens (including phenoxy) is 1. The summed E-state index contributed by atoms with van der Waals surface area (Å²) in [5.41, 5.74) is -0.160. The highest BCUT2D eigenvalue weighted by Crippen LogP contribution is 2.18. The number of esters is 1. The molecule has 1 amide bonds. The van der Waals surface area contributed by atoms with E-state index in [1.54, 1.807) is 11.0 Å². The standard InChI is InChI=1S/C18H18ClNO5/c1-11-4-6-20(7-5-11)17(22)10-24-18(23)16-9-14(21)13-8-12(19)2-3-15(13)25-16/h2-3,8-9,11H,4-7,10H2,1H3. The van der Waals surface area contributed by atoms with Crippen molar-refractivity contribution in [3.8, 4) is 0 Å². The number of carbonyl (C=O) groups is 2. The van der Waals surface area contributed by atoms with Crippen molar-refractivity contribution >= 4 is 34.4 Å². The van der Waals surface area contributed by atoms with Gasteiger partial charge in [0.05, 0.1) is 5.39 Å². The molecule has 2 aromatic rings. The zero-order chi connectivity index (χ0) is 18.0. The number of fused-ring (bicyclic) bond motifs is 1. The van der Waals surface area contributed by atoms with Gasteiger partial charge in [0.1, 0.15) is 5.58 Å². The van der Waals surface area contributed by atoms with Crippen LogP contribution in [0, 0.1) is 5.92 Å². The van der Waals surface area contributed by atoms with Gasteiger partial charge < -0.3 is 14.1 Å². The number of benzene rings is 1. The molecule has 25 heavy (non-hydrogen) atoms. The molecule has 0 aliphatic carbocycles. The molecule has 3 rings (SSSR count). The lowest BCUT2D eigenvalue weighted by Gasteiger charge is -2.30. The van der Waals surface area contributed by atoms with E-state index in [0.717, 1.165) is 18.9 Å². The van der Waals surface area contributed by atoms with E-state index < -0.39 is 11.4 Å². The Morgan fingerprint density at radius 1 is 1.28 bits per heavy atom. The molecule has 6 nitrogen and oxygen atoms in total. The zero-order valence-corrected chi connectivity index (χ0v) is 14.5.